The number of aromatic nitrogens is 1. The van der Waals surface area contributed by atoms with Gasteiger partial charge in [0.2, 0.25) is 5.91 Å². The minimum Gasteiger partial charge on any atom is -0.272 e. The van der Waals surface area contributed by atoms with Crippen molar-refractivity contribution in [2.45, 2.75) is 26.2 Å². The molecule has 1 atom stereocenters. The van der Waals surface area contributed by atoms with E-state index < -0.39 is 0 Å². The molecule has 2 aromatic rings. The maximum absolute atomic E-state index is 12.5. The van der Waals surface area contributed by atoms with E-state index in [1.54, 1.807) is 18.2 Å². The number of aryl methyl sites for hydroxylation is 2. The van der Waals surface area contributed by atoms with Crippen molar-refractivity contribution in [1.82, 2.24) is 4.98 Å². The first-order valence-corrected chi connectivity index (χ1v) is 8.13. The summed E-state index contributed by atoms with van der Waals surface area (Å²) in [5.74, 6) is 0.657. The molecule has 1 aliphatic heterocycles. The van der Waals surface area contributed by atoms with E-state index >= 15 is 0 Å². The number of rotatable bonds is 1. The zero-order valence-electron chi connectivity index (χ0n) is 12.8. The van der Waals surface area contributed by atoms with E-state index in [-0.39, 0.29) is 11.8 Å². The number of hydrazone groups is 1. The third-order valence-corrected chi connectivity index (χ3v) is 4.68. The number of benzene rings is 1. The van der Waals surface area contributed by atoms with Crippen molar-refractivity contribution < 1.29 is 4.79 Å². The lowest BCUT2D eigenvalue weighted by Crippen LogP contribution is -2.39. The lowest BCUT2D eigenvalue weighted by atomic mass is 9.79. The maximum Gasteiger partial charge on any atom is 0.249 e. The summed E-state index contributed by atoms with van der Waals surface area (Å²) < 4.78 is 0. The van der Waals surface area contributed by atoms with Crippen molar-refractivity contribution in [1.29, 1.82) is 0 Å². The fraction of sp³-hybridized carbons (Fsp3) is 0.278. The van der Waals surface area contributed by atoms with Crippen LogP contribution in [0.5, 0.6) is 0 Å². The molecule has 0 bridgehead atoms. The van der Waals surface area contributed by atoms with Crippen LogP contribution in [0.3, 0.4) is 0 Å². The van der Waals surface area contributed by atoms with Crippen LogP contribution in [0.25, 0.3) is 0 Å². The lowest BCUT2D eigenvalue weighted by molar-refractivity contribution is -0.119. The van der Waals surface area contributed by atoms with Crippen LogP contribution in [0.4, 0.5) is 5.82 Å². The van der Waals surface area contributed by atoms with E-state index in [1.807, 2.05) is 0 Å². The molecule has 2 heterocycles. The quantitative estimate of drug-likeness (QED) is 0.750. The molecule has 23 heavy (non-hydrogen) atoms. The Labute approximate surface area is 139 Å². The average molecular weight is 326 g/mol. The van der Waals surface area contributed by atoms with Gasteiger partial charge in [0, 0.05) is 17.9 Å². The standard InChI is InChI=1S/C18H16ClN3O/c1-11-5-6-12-7-8-13-10-17(23)22(21-18(13)14(12)9-11)16-4-2-3-15(19)20-16/h2-6,9,13H,7-8,10H2,1H3. The molecule has 1 amide bonds. The number of carbonyl (C=O) groups is 1. The third kappa shape index (κ3) is 2.53. The van der Waals surface area contributed by atoms with Crippen molar-refractivity contribution in [2.24, 2.45) is 11.0 Å². The number of nitrogens with zero attached hydrogens (tertiary/aromatic N) is 3. The number of pyridine rings is 1. The van der Waals surface area contributed by atoms with Crippen LogP contribution >= 0.6 is 11.6 Å². The first kappa shape index (κ1) is 14.4. The number of carbonyl (C=O) groups excluding carboxylic acids is 1. The van der Waals surface area contributed by atoms with Gasteiger partial charge in [0.25, 0.3) is 0 Å². The molecule has 0 radical (unpaired) electrons. The van der Waals surface area contributed by atoms with E-state index in [2.05, 4.69) is 35.2 Å². The number of amides is 1. The molecular formula is C18H16ClN3O. The first-order valence-electron chi connectivity index (χ1n) is 7.76. The van der Waals surface area contributed by atoms with E-state index in [9.17, 15) is 4.79 Å². The van der Waals surface area contributed by atoms with Gasteiger partial charge < -0.3 is 0 Å². The summed E-state index contributed by atoms with van der Waals surface area (Å²) in [7, 11) is 0. The summed E-state index contributed by atoms with van der Waals surface area (Å²) in [6, 6.07) is 11.7. The highest BCUT2D eigenvalue weighted by Gasteiger charge is 2.34. The third-order valence-electron chi connectivity index (χ3n) is 4.47. The number of hydrogen-bond donors (Lipinski definition) is 0. The SMILES string of the molecule is Cc1ccc2c(c1)C1=NN(c3cccc(Cl)n3)C(=O)CC1CC2. The normalized spacial score (nSPS) is 19.9. The molecule has 1 unspecified atom stereocenters. The van der Waals surface area contributed by atoms with Crippen molar-refractivity contribution in [3.05, 3.63) is 58.2 Å². The first-order chi connectivity index (χ1) is 11.1. The van der Waals surface area contributed by atoms with Gasteiger partial charge in [-0.25, -0.2) is 4.98 Å². The van der Waals surface area contributed by atoms with Crippen LogP contribution in [-0.4, -0.2) is 16.6 Å². The predicted molar refractivity (Wildman–Crippen MR) is 90.9 cm³/mol. The molecule has 5 heteroatoms. The summed E-state index contributed by atoms with van der Waals surface area (Å²) in [5.41, 5.74) is 4.67. The fourth-order valence-corrected chi connectivity index (χ4v) is 3.48. The molecule has 0 fully saturated rings. The summed E-state index contributed by atoms with van der Waals surface area (Å²) in [5, 5.41) is 6.41. The predicted octanol–water partition coefficient (Wildman–Crippen LogP) is 3.75. The Kier molecular flexibility index (Phi) is 3.42. The molecule has 2 aliphatic rings. The second-order valence-electron chi connectivity index (χ2n) is 6.11. The molecule has 0 saturated carbocycles. The molecule has 1 aromatic heterocycles. The molecule has 0 saturated heterocycles. The van der Waals surface area contributed by atoms with Crippen molar-refractivity contribution in [3.63, 3.8) is 0 Å². The smallest absolute Gasteiger partial charge is 0.249 e. The van der Waals surface area contributed by atoms with Crippen molar-refractivity contribution in [2.75, 3.05) is 5.01 Å². The van der Waals surface area contributed by atoms with Gasteiger partial charge in [0.05, 0.1) is 5.71 Å². The summed E-state index contributed by atoms with van der Waals surface area (Å²) >= 11 is 5.95. The molecule has 0 N–H and O–H groups in total. The van der Waals surface area contributed by atoms with E-state index in [0.717, 1.165) is 18.6 Å². The van der Waals surface area contributed by atoms with Crippen LogP contribution in [0.1, 0.15) is 29.5 Å². The van der Waals surface area contributed by atoms with Crippen molar-refractivity contribution in [3.8, 4) is 0 Å². The Morgan fingerprint density at radius 1 is 1.26 bits per heavy atom. The molecule has 1 aliphatic carbocycles. The van der Waals surface area contributed by atoms with E-state index in [0.29, 0.717) is 17.4 Å². The molecule has 4 nitrogen and oxygen atoms in total. The Hall–Kier alpha value is -2.20. The van der Waals surface area contributed by atoms with Gasteiger partial charge in [-0.05, 0) is 43.5 Å². The van der Waals surface area contributed by atoms with Crippen molar-refractivity contribution >= 4 is 29.0 Å². The Morgan fingerprint density at radius 2 is 2.13 bits per heavy atom. The molecule has 116 valence electrons. The lowest BCUT2D eigenvalue weighted by Gasteiger charge is -2.33. The Balaban J connectivity index is 1.83. The van der Waals surface area contributed by atoms with Crippen LogP contribution in [0.2, 0.25) is 5.15 Å². The molecule has 1 aromatic carbocycles. The molecule has 0 spiro atoms. The Morgan fingerprint density at radius 3 is 2.96 bits per heavy atom. The number of hydrogen-bond acceptors (Lipinski definition) is 3. The Bertz CT molecular complexity index is 831. The highest BCUT2D eigenvalue weighted by Crippen LogP contribution is 2.33. The van der Waals surface area contributed by atoms with Gasteiger partial charge in [-0.1, -0.05) is 35.4 Å². The van der Waals surface area contributed by atoms with Crippen LogP contribution in [0.15, 0.2) is 41.5 Å². The number of halogens is 1. The minimum absolute atomic E-state index is 0.0235. The topological polar surface area (TPSA) is 45.6 Å². The number of fused-ring (bicyclic) bond motifs is 3. The number of anilines is 1. The minimum atomic E-state index is -0.0235. The second kappa shape index (κ2) is 5.46. The van der Waals surface area contributed by atoms with Gasteiger partial charge in [-0.3, -0.25) is 4.79 Å². The zero-order valence-corrected chi connectivity index (χ0v) is 13.5. The maximum atomic E-state index is 12.5. The van der Waals surface area contributed by atoms with Gasteiger partial charge in [-0.2, -0.15) is 10.1 Å². The van der Waals surface area contributed by atoms with Crippen LogP contribution in [0, 0.1) is 12.8 Å². The van der Waals surface area contributed by atoms with Crippen LogP contribution in [-0.2, 0) is 11.2 Å². The highest BCUT2D eigenvalue weighted by atomic mass is 35.5. The largest absolute Gasteiger partial charge is 0.272 e. The fourth-order valence-electron chi connectivity index (χ4n) is 3.32. The second-order valence-corrected chi connectivity index (χ2v) is 6.50. The van der Waals surface area contributed by atoms with Gasteiger partial charge in [0.1, 0.15) is 5.15 Å². The van der Waals surface area contributed by atoms with Gasteiger partial charge in [0.15, 0.2) is 5.82 Å². The van der Waals surface area contributed by atoms with E-state index in [4.69, 9.17) is 11.6 Å². The van der Waals surface area contributed by atoms with Crippen LogP contribution < -0.4 is 5.01 Å². The average Bonchev–Trinajstić information content (AvgIpc) is 2.54. The summed E-state index contributed by atoms with van der Waals surface area (Å²) in [6.45, 7) is 2.08. The van der Waals surface area contributed by atoms with Gasteiger partial charge in [-0.15, -0.1) is 0 Å². The molecular weight excluding hydrogens is 310 g/mol. The summed E-state index contributed by atoms with van der Waals surface area (Å²) in [4.78, 5) is 16.7. The highest BCUT2D eigenvalue weighted by molar-refractivity contribution is 6.29. The van der Waals surface area contributed by atoms with E-state index in [1.165, 1.54) is 21.7 Å². The summed E-state index contributed by atoms with van der Waals surface area (Å²) in [6.07, 6.45) is 2.44. The van der Waals surface area contributed by atoms with Gasteiger partial charge >= 0.3 is 0 Å². The monoisotopic (exact) mass is 325 g/mol. The zero-order chi connectivity index (χ0) is 16.0. The molecule has 4 rings (SSSR count).